The number of carbonyl (C=O) groups excluding carboxylic acids is 2. The van der Waals surface area contributed by atoms with Crippen LogP contribution in [-0.4, -0.2) is 51.2 Å². The molecule has 9 nitrogen and oxygen atoms in total. The summed E-state index contributed by atoms with van der Waals surface area (Å²) in [5, 5.41) is 22.8. The van der Waals surface area contributed by atoms with Gasteiger partial charge in [-0.05, 0) is 65.6 Å². The number of halogens is 3. The predicted molar refractivity (Wildman–Crippen MR) is 190 cm³/mol. The number of aliphatic hydroxyl groups excluding tert-OH is 2. The molecule has 0 aliphatic heterocycles. The molecule has 0 saturated carbocycles. The molecule has 0 fully saturated rings. The maximum absolute atomic E-state index is 12.6. The Morgan fingerprint density at radius 3 is 2.33 bits per heavy atom. The second kappa shape index (κ2) is 18.4. The molecule has 0 aliphatic carbocycles. The molecule has 1 heterocycles. The van der Waals surface area contributed by atoms with Crippen LogP contribution in [0.1, 0.15) is 40.1 Å². The first-order valence-electron chi connectivity index (χ1n) is 14.8. The van der Waals surface area contributed by atoms with Gasteiger partial charge in [-0.15, -0.1) is 24.8 Å². The van der Waals surface area contributed by atoms with Crippen LogP contribution >= 0.6 is 36.4 Å². The molecule has 1 amide bonds. The van der Waals surface area contributed by atoms with Crippen molar-refractivity contribution in [2.75, 3.05) is 13.2 Å². The fourth-order valence-electron chi connectivity index (χ4n) is 5.20. The minimum absolute atomic E-state index is 0. The summed E-state index contributed by atoms with van der Waals surface area (Å²) in [4.78, 5) is 34.7. The van der Waals surface area contributed by atoms with Gasteiger partial charge in [0.05, 0.1) is 23.8 Å². The zero-order valence-corrected chi connectivity index (χ0v) is 28.4. The number of fused-ring (bicyclic) bond motifs is 1. The Balaban J connectivity index is 0.00000312. The number of nitrogens with zero attached hydrogens (tertiary/aromatic N) is 2. The lowest BCUT2D eigenvalue weighted by molar-refractivity contribution is -0.146. The van der Waals surface area contributed by atoms with Gasteiger partial charge in [-0.1, -0.05) is 72.3 Å². The Kier molecular flexibility index (Phi) is 14.6. The van der Waals surface area contributed by atoms with Crippen molar-refractivity contribution >= 4 is 59.2 Å². The third-order valence-corrected chi connectivity index (χ3v) is 7.72. The highest BCUT2D eigenvalue weighted by Crippen LogP contribution is 2.31. The van der Waals surface area contributed by atoms with Crippen LogP contribution in [0.3, 0.4) is 0 Å². The Bertz CT molecular complexity index is 1790. The smallest absolute Gasteiger partial charge is 0.329 e. The van der Waals surface area contributed by atoms with Crippen LogP contribution in [0.2, 0.25) is 5.02 Å². The minimum atomic E-state index is -0.796. The van der Waals surface area contributed by atoms with Crippen molar-refractivity contribution < 1.29 is 29.4 Å². The van der Waals surface area contributed by atoms with E-state index in [1.807, 2.05) is 66.7 Å². The number of rotatable bonds is 12. The lowest BCUT2D eigenvalue weighted by Gasteiger charge is -2.32. The van der Waals surface area contributed by atoms with E-state index in [2.05, 4.69) is 20.2 Å². The van der Waals surface area contributed by atoms with Crippen molar-refractivity contribution in [1.82, 2.24) is 15.4 Å². The molecular formula is C36H36Cl3N3O6. The van der Waals surface area contributed by atoms with Gasteiger partial charge < -0.3 is 19.8 Å². The van der Waals surface area contributed by atoms with E-state index < -0.39 is 18.0 Å². The number of hydroxylamine groups is 1. The Morgan fingerprint density at radius 2 is 1.65 bits per heavy atom. The highest BCUT2D eigenvalue weighted by Gasteiger charge is 2.23. The largest absolute Gasteiger partial charge is 0.457 e. The molecule has 252 valence electrons. The minimum Gasteiger partial charge on any atom is -0.457 e. The molecule has 4 aromatic carbocycles. The monoisotopic (exact) mass is 711 g/mol. The zero-order valence-electron chi connectivity index (χ0n) is 26.0. The van der Waals surface area contributed by atoms with E-state index in [0.29, 0.717) is 52.5 Å². The average molecular weight is 713 g/mol. The fraction of sp³-hybridized carbons (Fsp3) is 0.194. The summed E-state index contributed by atoms with van der Waals surface area (Å²) < 4.78 is 6.19. The molecule has 5 rings (SSSR count). The van der Waals surface area contributed by atoms with Gasteiger partial charge in [0.2, 0.25) is 0 Å². The molecule has 0 spiro atoms. The molecule has 3 N–H and O–H groups in total. The van der Waals surface area contributed by atoms with Gasteiger partial charge in [0.15, 0.2) is 0 Å². The van der Waals surface area contributed by atoms with Gasteiger partial charge >= 0.3 is 5.97 Å². The molecule has 12 heteroatoms. The van der Waals surface area contributed by atoms with Gasteiger partial charge in [0.25, 0.3) is 5.91 Å². The number of ether oxygens (including phenoxy) is 1. The highest BCUT2D eigenvalue weighted by molar-refractivity contribution is 6.30. The molecule has 1 aromatic heterocycles. The summed E-state index contributed by atoms with van der Waals surface area (Å²) in [5.41, 5.74) is 5.50. The number of aromatic nitrogens is 1. The normalized spacial score (nSPS) is 11.9. The van der Waals surface area contributed by atoms with E-state index in [4.69, 9.17) is 16.3 Å². The first kappa shape index (κ1) is 38.2. The summed E-state index contributed by atoms with van der Waals surface area (Å²) >= 11 is 6.18. The van der Waals surface area contributed by atoms with Crippen molar-refractivity contribution in [3.8, 4) is 11.5 Å². The first-order chi connectivity index (χ1) is 22.3. The highest BCUT2D eigenvalue weighted by atomic mass is 35.5. The van der Waals surface area contributed by atoms with Gasteiger partial charge in [-0.2, -0.15) is 5.48 Å². The lowest BCUT2D eigenvalue weighted by atomic mass is 10.0. The molecular weight excluding hydrogens is 677 g/mol. The molecule has 2 atom stereocenters. The van der Waals surface area contributed by atoms with Gasteiger partial charge in [-0.3, -0.25) is 19.5 Å². The second-order valence-corrected chi connectivity index (χ2v) is 11.2. The summed E-state index contributed by atoms with van der Waals surface area (Å²) in [5.74, 6) is -0.172. The van der Waals surface area contributed by atoms with Crippen molar-refractivity contribution in [2.24, 2.45) is 0 Å². The zero-order chi connectivity index (χ0) is 32.5. The number of pyridine rings is 1. The van der Waals surface area contributed by atoms with E-state index in [-0.39, 0.29) is 43.0 Å². The summed E-state index contributed by atoms with van der Waals surface area (Å²) in [6.07, 6.45) is 1.28. The Labute approximate surface area is 296 Å². The molecule has 0 bridgehead atoms. The number of aliphatic hydroxyl groups is 2. The van der Waals surface area contributed by atoms with Crippen molar-refractivity contribution in [3.63, 3.8) is 0 Å². The SMILES string of the molecule is CC(=O)ONC(=O)c1cccc2c(Oc3ccc(C[C@@H](CO)N(Cc4ccccc4)C[C@H](O)c4cccc(Cl)c4)cc3)ccnc12.Cl.Cl. The molecule has 0 radical (unpaired) electrons. The molecule has 48 heavy (non-hydrogen) atoms. The van der Waals surface area contributed by atoms with Crippen LogP contribution in [0.4, 0.5) is 0 Å². The molecule has 5 aromatic rings. The van der Waals surface area contributed by atoms with Gasteiger partial charge in [0.1, 0.15) is 11.5 Å². The second-order valence-electron chi connectivity index (χ2n) is 10.8. The number of nitrogens with one attached hydrogen (secondary N) is 1. The van der Waals surface area contributed by atoms with Crippen LogP contribution in [0, 0.1) is 0 Å². The lowest BCUT2D eigenvalue weighted by Crippen LogP contribution is -2.41. The van der Waals surface area contributed by atoms with Gasteiger partial charge in [0, 0.05) is 42.7 Å². The Hall–Kier alpha value is -4.22. The van der Waals surface area contributed by atoms with Crippen LogP contribution in [0.15, 0.2) is 109 Å². The van der Waals surface area contributed by atoms with E-state index in [9.17, 15) is 19.8 Å². The van der Waals surface area contributed by atoms with Crippen molar-refractivity contribution in [3.05, 3.63) is 137 Å². The van der Waals surface area contributed by atoms with Crippen LogP contribution in [0.25, 0.3) is 10.9 Å². The molecule has 0 saturated heterocycles. The topological polar surface area (TPSA) is 121 Å². The number of hydrogen-bond donors (Lipinski definition) is 3. The number of benzene rings is 4. The van der Waals surface area contributed by atoms with Gasteiger partial charge in [-0.25, -0.2) is 0 Å². The molecule has 0 unspecified atom stereocenters. The number of amides is 1. The summed E-state index contributed by atoms with van der Waals surface area (Å²) in [7, 11) is 0. The third kappa shape index (κ3) is 10.1. The van der Waals surface area contributed by atoms with Crippen LogP contribution in [-0.2, 0) is 22.6 Å². The molecule has 0 aliphatic rings. The van der Waals surface area contributed by atoms with E-state index in [1.54, 1.807) is 42.6 Å². The third-order valence-electron chi connectivity index (χ3n) is 7.48. The van der Waals surface area contributed by atoms with E-state index in [0.717, 1.165) is 11.1 Å². The first-order valence-corrected chi connectivity index (χ1v) is 15.1. The van der Waals surface area contributed by atoms with Crippen molar-refractivity contribution in [2.45, 2.75) is 32.0 Å². The maximum atomic E-state index is 12.6. The van der Waals surface area contributed by atoms with Crippen LogP contribution < -0.4 is 10.2 Å². The number of carbonyl (C=O) groups is 2. The average Bonchev–Trinajstić information content (AvgIpc) is 3.07. The van der Waals surface area contributed by atoms with Crippen LogP contribution in [0.5, 0.6) is 11.5 Å². The quantitative estimate of drug-likeness (QED) is 0.120. The van der Waals surface area contributed by atoms with E-state index >= 15 is 0 Å². The predicted octanol–water partition coefficient (Wildman–Crippen LogP) is 6.87. The summed E-state index contributed by atoms with van der Waals surface area (Å²) in [6.45, 7) is 1.93. The number of hydrogen-bond acceptors (Lipinski definition) is 8. The number of para-hydroxylation sites is 1. The fourth-order valence-corrected chi connectivity index (χ4v) is 5.40. The van der Waals surface area contributed by atoms with E-state index in [1.165, 1.54) is 6.92 Å². The Morgan fingerprint density at radius 1 is 0.917 bits per heavy atom. The maximum Gasteiger partial charge on any atom is 0.329 e. The standard InChI is InChI=1S/C36H34ClN3O6.2ClH/c1-24(42)46-39-36(44)32-12-6-11-31-34(17-18-38-35(31)32)45-30-15-13-25(14-16-30)19-29(23-41)40(21-26-7-3-2-4-8-26)22-33(43)27-9-5-10-28(37)20-27;;/h2-18,20,29,33,41,43H,19,21-23H2,1H3,(H,39,44);2*1H/t29-,33-;;/m0../s1. The van der Waals surface area contributed by atoms with Crippen molar-refractivity contribution in [1.29, 1.82) is 0 Å². The summed E-state index contributed by atoms with van der Waals surface area (Å²) in [6, 6.07) is 31.2.